The van der Waals surface area contributed by atoms with Crippen LogP contribution in [0.3, 0.4) is 0 Å². The topological polar surface area (TPSA) is 135 Å². The lowest BCUT2D eigenvalue weighted by atomic mass is 9.99. The highest BCUT2D eigenvalue weighted by atomic mass is 16.7. The van der Waals surface area contributed by atoms with Gasteiger partial charge in [-0.3, -0.25) is 4.79 Å². The molecular formula is C48H94O9. The van der Waals surface area contributed by atoms with Gasteiger partial charge in [-0.2, -0.15) is 0 Å². The summed E-state index contributed by atoms with van der Waals surface area (Å²) >= 11 is 0. The van der Waals surface area contributed by atoms with Crippen molar-refractivity contribution in [3.8, 4) is 0 Å². The molecule has 0 aromatic carbocycles. The lowest BCUT2D eigenvalue weighted by molar-refractivity contribution is -0.305. The van der Waals surface area contributed by atoms with E-state index in [1.165, 1.54) is 186 Å². The van der Waals surface area contributed by atoms with Crippen LogP contribution in [0.1, 0.15) is 239 Å². The highest BCUT2D eigenvalue weighted by molar-refractivity contribution is 5.69. The Balaban J connectivity index is 2.20. The van der Waals surface area contributed by atoms with Gasteiger partial charge in [0.1, 0.15) is 30.5 Å². The first-order valence-electron chi connectivity index (χ1n) is 24.6. The number of rotatable bonds is 43. The molecule has 1 rings (SSSR count). The second-order valence-electron chi connectivity index (χ2n) is 17.3. The number of esters is 1. The van der Waals surface area contributed by atoms with Crippen molar-refractivity contribution in [1.29, 1.82) is 0 Å². The Kier molecular flexibility index (Phi) is 38.6. The number of aliphatic hydroxyl groups is 4. The van der Waals surface area contributed by atoms with Crippen molar-refractivity contribution < 1.29 is 44.2 Å². The predicted molar refractivity (Wildman–Crippen MR) is 233 cm³/mol. The summed E-state index contributed by atoms with van der Waals surface area (Å²) in [5, 5.41) is 40.2. The summed E-state index contributed by atoms with van der Waals surface area (Å²) in [6.45, 7) is 4.62. The molecule has 1 saturated heterocycles. The van der Waals surface area contributed by atoms with Crippen LogP contribution in [0.2, 0.25) is 0 Å². The molecule has 0 saturated carbocycles. The van der Waals surface area contributed by atoms with Gasteiger partial charge in [0, 0.05) is 13.0 Å². The molecular weight excluding hydrogens is 721 g/mol. The zero-order valence-electron chi connectivity index (χ0n) is 37.4. The molecule has 0 spiro atoms. The van der Waals surface area contributed by atoms with Gasteiger partial charge in [-0.15, -0.1) is 0 Å². The second kappa shape index (κ2) is 40.6. The summed E-state index contributed by atoms with van der Waals surface area (Å²) in [7, 11) is 0. The maximum atomic E-state index is 12.8. The van der Waals surface area contributed by atoms with Gasteiger partial charge in [0.2, 0.25) is 0 Å². The van der Waals surface area contributed by atoms with E-state index in [2.05, 4.69) is 13.8 Å². The van der Waals surface area contributed by atoms with Crippen LogP contribution in [0.25, 0.3) is 0 Å². The fourth-order valence-corrected chi connectivity index (χ4v) is 7.91. The maximum Gasteiger partial charge on any atom is 0.306 e. The summed E-state index contributed by atoms with van der Waals surface area (Å²) in [5.74, 6) is -0.306. The van der Waals surface area contributed by atoms with Gasteiger partial charge in [0.15, 0.2) is 6.29 Å². The van der Waals surface area contributed by atoms with E-state index in [1.54, 1.807) is 0 Å². The standard InChI is InChI=1S/C48H94O9/c1-3-5-7-9-11-13-15-17-19-21-23-25-27-29-31-33-35-37-44(50)56-42(41-55-48-47(53)46(52)45(51)43(39-49)57-48)40-54-38-36-34-32-30-28-26-24-22-20-18-16-14-12-10-8-6-4-2/h42-43,45-49,51-53H,3-41H2,1-2H3. The summed E-state index contributed by atoms with van der Waals surface area (Å²) in [6.07, 6.45) is 37.0. The van der Waals surface area contributed by atoms with E-state index < -0.39 is 43.4 Å². The maximum absolute atomic E-state index is 12.8. The van der Waals surface area contributed by atoms with Crippen LogP contribution in [-0.2, 0) is 23.7 Å². The molecule has 0 aliphatic carbocycles. The van der Waals surface area contributed by atoms with Gasteiger partial charge < -0.3 is 39.4 Å². The Bertz CT molecular complexity index is 843. The fourth-order valence-electron chi connectivity index (χ4n) is 7.91. The monoisotopic (exact) mass is 815 g/mol. The van der Waals surface area contributed by atoms with Gasteiger partial charge in [0.25, 0.3) is 0 Å². The number of unbranched alkanes of at least 4 members (excludes halogenated alkanes) is 32. The van der Waals surface area contributed by atoms with E-state index in [-0.39, 0.29) is 19.2 Å². The minimum Gasteiger partial charge on any atom is -0.457 e. The summed E-state index contributed by atoms with van der Waals surface area (Å²) in [4.78, 5) is 12.8. The van der Waals surface area contributed by atoms with Crippen molar-refractivity contribution in [2.24, 2.45) is 0 Å². The van der Waals surface area contributed by atoms with Crippen molar-refractivity contribution in [3.63, 3.8) is 0 Å². The Morgan fingerprint density at radius 2 is 0.860 bits per heavy atom. The van der Waals surface area contributed by atoms with Crippen molar-refractivity contribution in [2.45, 2.75) is 275 Å². The van der Waals surface area contributed by atoms with E-state index in [0.717, 1.165) is 32.1 Å². The van der Waals surface area contributed by atoms with Gasteiger partial charge in [0.05, 0.1) is 19.8 Å². The molecule has 1 aliphatic rings. The number of hydrogen-bond acceptors (Lipinski definition) is 9. The first kappa shape index (κ1) is 54.2. The average molecular weight is 815 g/mol. The van der Waals surface area contributed by atoms with Gasteiger partial charge in [-0.1, -0.05) is 219 Å². The molecule has 0 bridgehead atoms. The first-order valence-corrected chi connectivity index (χ1v) is 24.6. The number of aliphatic hydroxyl groups excluding tert-OH is 4. The lowest BCUT2D eigenvalue weighted by Crippen LogP contribution is -2.59. The van der Waals surface area contributed by atoms with Gasteiger partial charge >= 0.3 is 5.97 Å². The largest absolute Gasteiger partial charge is 0.457 e. The van der Waals surface area contributed by atoms with E-state index >= 15 is 0 Å². The molecule has 0 radical (unpaired) electrons. The molecule has 6 atom stereocenters. The average Bonchev–Trinajstić information content (AvgIpc) is 3.21. The van der Waals surface area contributed by atoms with Crippen LogP contribution in [-0.4, -0.2) is 89.6 Å². The molecule has 340 valence electrons. The third kappa shape index (κ3) is 31.7. The number of carbonyl (C=O) groups excluding carboxylic acids is 1. The van der Waals surface area contributed by atoms with Gasteiger partial charge in [-0.25, -0.2) is 0 Å². The molecule has 0 amide bonds. The molecule has 0 aromatic rings. The number of ether oxygens (including phenoxy) is 4. The highest BCUT2D eigenvalue weighted by Gasteiger charge is 2.44. The molecule has 1 heterocycles. The van der Waals surface area contributed by atoms with Crippen molar-refractivity contribution in [3.05, 3.63) is 0 Å². The Morgan fingerprint density at radius 1 is 0.491 bits per heavy atom. The normalized spacial score (nSPS) is 20.3. The van der Waals surface area contributed by atoms with E-state index in [1.807, 2.05) is 0 Å². The Morgan fingerprint density at radius 3 is 1.25 bits per heavy atom. The predicted octanol–water partition coefficient (Wildman–Crippen LogP) is 11.4. The van der Waals surface area contributed by atoms with Crippen LogP contribution in [0.5, 0.6) is 0 Å². The molecule has 1 aliphatic heterocycles. The SMILES string of the molecule is CCCCCCCCCCCCCCCCCCCOCC(COC1OC(CO)C(O)C(O)C1O)OC(=O)CCCCCCCCCCCCCCCCCCC. The number of carbonyl (C=O) groups is 1. The first-order chi connectivity index (χ1) is 27.9. The third-order valence-corrected chi connectivity index (χ3v) is 11.8. The van der Waals surface area contributed by atoms with Crippen molar-refractivity contribution >= 4 is 5.97 Å². The molecule has 57 heavy (non-hydrogen) atoms. The fraction of sp³-hybridized carbons (Fsp3) is 0.979. The molecule has 0 aromatic heterocycles. The molecule has 6 unspecified atom stereocenters. The minimum atomic E-state index is -1.53. The third-order valence-electron chi connectivity index (χ3n) is 11.8. The van der Waals surface area contributed by atoms with Gasteiger partial charge in [-0.05, 0) is 12.8 Å². The van der Waals surface area contributed by atoms with Crippen LogP contribution < -0.4 is 0 Å². The van der Waals surface area contributed by atoms with Crippen LogP contribution in [0.4, 0.5) is 0 Å². The summed E-state index contributed by atoms with van der Waals surface area (Å²) in [6, 6.07) is 0. The molecule has 9 nitrogen and oxygen atoms in total. The van der Waals surface area contributed by atoms with Crippen LogP contribution >= 0.6 is 0 Å². The van der Waals surface area contributed by atoms with Crippen molar-refractivity contribution in [1.82, 2.24) is 0 Å². The highest BCUT2D eigenvalue weighted by Crippen LogP contribution is 2.23. The Hall–Kier alpha value is -0.810. The second-order valence-corrected chi connectivity index (χ2v) is 17.3. The van der Waals surface area contributed by atoms with E-state index in [4.69, 9.17) is 18.9 Å². The van der Waals surface area contributed by atoms with E-state index in [9.17, 15) is 25.2 Å². The zero-order chi connectivity index (χ0) is 41.4. The summed E-state index contributed by atoms with van der Waals surface area (Å²) < 4.78 is 22.9. The van der Waals surface area contributed by atoms with Crippen LogP contribution in [0, 0.1) is 0 Å². The van der Waals surface area contributed by atoms with Crippen molar-refractivity contribution in [2.75, 3.05) is 26.4 Å². The Labute approximate surface area is 351 Å². The smallest absolute Gasteiger partial charge is 0.306 e. The van der Waals surface area contributed by atoms with Crippen LogP contribution in [0.15, 0.2) is 0 Å². The number of hydrogen-bond donors (Lipinski definition) is 4. The molecule has 9 heteroatoms. The molecule has 4 N–H and O–H groups in total. The quantitative estimate of drug-likeness (QED) is 0.0350. The summed E-state index contributed by atoms with van der Waals surface area (Å²) in [5.41, 5.74) is 0. The lowest BCUT2D eigenvalue weighted by Gasteiger charge is -2.39. The minimum absolute atomic E-state index is 0.105. The molecule has 1 fully saturated rings. The zero-order valence-corrected chi connectivity index (χ0v) is 37.4. The van der Waals surface area contributed by atoms with E-state index in [0.29, 0.717) is 13.0 Å².